The molecule has 0 fully saturated rings. The Morgan fingerprint density at radius 2 is 1.68 bits per heavy atom. The molecule has 3 aromatic heterocycles. The first-order valence-corrected chi connectivity index (χ1v) is 10.5. The predicted octanol–water partition coefficient (Wildman–Crippen LogP) is 3.10. The maximum Gasteiger partial charge on any atom is 0.418 e. The quantitative estimate of drug-likeness (QED) is 0.460. The summed E-state index contributed by atoms with van der Waals surface area (Å²) < 4.78 is 39.0. The lowest BCUT2D eigenvalue weighted by atomic mass is 10.2. The molecule has 0 saturated carbocycles. The van der Waals surface area contributed by atoms with Gasteiger partial charge in [-0.05, 0) is 13.0 Å². The molecule has 10 nitrogen and oxygen atoms in total. The van der Waals surface area contributed by atoms with Gasteiger partial charge < -0.3 is 16.0 Å². The monoisotopic (exact) mass is 513 g/mol. The summed E-state index contributed by atoms with van der Waals surface area (Å²) in [5, 5.41) is 7.03. The minimum absolute atomic E-state index is 0.00741. The van der Waals surface area contributed by atoms with Crippen molar-refractivity contribution in [3.8, 4) is 0 Å². The van der Waals surface area contributed by atoms with Crippen LogP contribution < -0.4 is 16.0 Å². The van der Waals surface area contributed by atoms with Crippen molar-refractivity contribution in [1.29, 1.82) is 0 Å². The van der Waals surface area contributed by atoms with Gasteiger partial charge in [-0.3, -0.25) is 14.4 Å². The summed E-state index contributed by atoms with van der Waals surface area (Å²) in [4.78, 5) is 52.0. The number of thiazole rings is 1. The molecule has 0 spiro atoms. The molecule has 1 atom stereocenters. The summed E-state index contributed by atoms with van der Waals surface area (Å²) in [7, 11) is 1.42. The number of nitrogens with zero attached hydrogens (tertiary/aromatic N) is 4. The molecule has 34 heavy (non-hydrogen) atoms. The molecule has 0 saturated heterocycles. The SMILES string of the molecule is CNC(=O)c1cc(C(=O)N[C@H](C)c2ncc(C(=O)Nc3cc(C(F)(F)F)c(Cl)cn3)s2)ncn1. The fourth-order valence-electron chi connectivity index (χ4n) is 2.56. The van der Waals surface area contributed by atoms with Crippen LogP contribution in [0.15, 0.2) is 30.9 Å². The first-order valence-electron chi connectivity index (χ1n) is 9.34. The maximum atomic E-state index is 13.0. The third-order valence-electron chi connectivity index (χ3n) is 4.23. The van der Waals surface area contributed by atoms with E-state index in [9.17, 15) is 27.6 Å². The van der Waals surface area contributed by atoms with E-state index in [4.69, 9.17) is 11.6 Å². The smallest absolute Gasteiger partial charge is 0.354 e. The number of pyridine rings is 1. The zero-order valence-electron chi connectivity index (χ0n) is 17.4. The Morgan fingerprint density at radius 1 is 1.00 bits per heavy atom. The van der Waals surface area contributed by atoms with Crippen molar-refractivity contribution >= 4 is 46.5 Å². The predicted molar refractivity (Wildman–Crippen MR) is 116 cm³/mol. The van der Waals surface area contributed by atoms with Gasteiger partial charge in [-0.15, -0.1) is 11.3 Å². The Bertz CT molecular complexity index is 1250. The third-order valence-corrected chi connectivity index (χ3v) is 5.71. The lowest BCUT2D eigenvalue weighted by molar-refractivity contribution is -0.137. The van der Waals surface area contributed by atoms with E-state index in [2.05, 4.69) is 35.9 Å². The Labute approximate surface area is 199 Å². The molecule has 0 aliphatic carbocycles. The molecule has 15 heteroatoms. The Hall–Kier alpha value is -3.65. The molecule has 3 aromatic rings. The van der Waals surface area contributed by atoms with E-state index in [0.717, 1.165) is 23.9 Å². The third kappa shape index (κ3) is 5.82. The number of aromatic nitrogens is 4. The molecular formula is C19H15ClF3N7O3S. The van der Waals surface area contributed by atoms with Crippen LogP contribution in [0, 0.1) is 0 Å². The van der Waals surface area contributed by atoms with E-state index in [-0.39, 0.29) is 22.1 Å². The molecule has 3 N–H and O–H groups in total. The van der Waals surface area contributed by atoms with Gasteiger partial charge in [0.15, 0.2) is 0 Å². The first-order chi connectivity index (χ1) is 16.0. The molecule has 3 rings (SSSR count). The van der Waals surface area contributed by atoms with E-state index < -0.39 is 40.5 Å². The molecule has 0 aliphatic rings. The Morgan fingerprint density at radius 3 is 2.32 bits per heavy atom. The van der Waals surface area contributed by atoms with Crippen molar-refractivity contribution < 1.29 is 27.6 Å². The Balaban J connectivity index is 1.68. The van der Waals surface area contributed by atoms with Crippen LogP contribution in [0.3, 0.4) is 0 Å². The fourth-order valence-corrected chi connectivity index (χ4v) is 3.59. The largest absolute Gasteiger partial charge is 0.418 e. The number of rotatable bonds is 6. The molecule has 3 amide bonds. The number of carbonyl (C=O) groups is 3. The zero-order valence-corrected chi connectivity index (χ0v) is 19.0. The van der Waals surface area contributed by atoms with Crippen LogP contribution in [0.1, 0.15) is 54.2 Å². The maximum absolute atomic E-state index is 13.0. The minimum atomic E-state index is -4.71. The van der Waals surface area contributed by atoms with Gasteiger partial charge in [0.05, 0.1) is 22.8 Å². The topological polar surface area (TPSA) is 139 Å². The minimum Gasteiger partial charge on any atom is -0.354 e. The van der Waals surface area contributed by atoms with Crippen LogP contribution in [0.25, 0.3) is 0 Å². The normalized spacial score (nSPS) is 12.1. The molecule has 0 bridgehead atoms. The van der Waals surface area contributed by atoms with Crippen molar-refractivity contribution in [1.82, 2.24) is 30.6 Å². The second-order valence-corrected chi connectivity index (χ2v) is 8.10. The highest BCUT2D eigenvalue weighted by atomic mass is 35.5. The van der Waals surface area contributed by atoms with Gasteiger partial charge in [0.25, 0.3) is 17.7 Å². The van der Waals surface area contributed by atoms with E-state index in [1.807, 2.05) is 0 Å². The van der Waals surface area contributed by atoms with Gasteiger partial charge in [-0.1, -0.05) is 11.6 Å². The van der Waals surface area contributed by atoms with Gasteiger partial charge in [0.1, 0.15) is 33.4 Å². The van der Waals surface area contributed by atoms with Crippen molar-refractivity contribution in [3.05, 3.63) is 62.7 Å². The van der Waals surface area contributed by atoms with Crippen LogP contribution in [0.4, 0.5) is 19.0 Å². The molecular weight excluding hydrogens is 499 g/mol. The Kier molecular flexibility index (Phi) is 7.41. The van der Waals surface area contributed by atoms with Gasteiger partial charge in [0.2, 0.25) is 0 Å². The number of alkyl halides is 3. The number of carbonyl (C=O) groups excluding carboxylic acids is 3. The summed E-state index contributed by atoms with van der Waals surface area (Å²) in [6.45, 7) is 1.61. The average Bonchev–Trinajstić information content (AvgIpc) is 3.30. The van der Waals surface area contributed by atoms with Gasteiger partial charge in [-0.2, -0.15) is 13.2 Å². The van der Waals surface area contributed by atoms with Crippen LogP contribution in [0.2, 0.25) is 5.02 Å². The van der Waals surface area contributed by atoms with Crippen molar-refractivity contribution in [3.63, 3.8) is 0 Å². The molecule has 0 aromatic carbocycles. The van der Waals surface area contributed by atoms with Crippen LogP contribution in [-0.4, -0.2) is 44.7 Å². The number of halogens is 4. The second kappa shape index (κ2) is 10.1. The highest BCUT2D eigenvalue weighted by Crippen LogP contribution is 2.35. The van der Waals surface area contributed by atoms with Gasteiger partial charge >= 0.3 is 6.18 Å². The standard InChI is InChI=1S/C19H15ClF3N7O3S/c1-8(29-16(32)12-4-11(15(31)24-2)27-7-28-12)18-26-6-13(34-18)17(33)30-14-3-9(19(21,22)23)10(20)5-25-14/h3-8H,1-2H3,(H,24,31)(H,29,32)(H,25,30,33)/t8-/m1/s1. The molecule has 0 radical (unpaired) electrons. The fraction of sp³-hybridized carbons (Fsp3) is 0.211. The number of nitrogens with one attached hydrogen (secondary N) is 3. The number of hydrogen-bond acceptors (Lipinski definition) is 8. The molecule has 0 aliphatic heterocycles. The van der Waals surface area contributed by atoms with E-state index in [1.54, 1.807) is 6.92 Å². The highest BCUT2D eigenvalue weighted by Gasteiger charge is 2.34. The number of anilines is 1. The lowest BCUT2D eigenvalue weighted by Gasteiger charge is -2.11. The molecule has 3 heterocycles. The lowest BCUT2D eigenvalue weighted by Crippen LogP contribution is -2.28. The second-order valence-electron chi connectivity index (χ2n) is 6.63. The first kappa shape index (κ1) is 25.0. The van der Waals surface area contributed by atoms with E-state index in [0.29, 0.717) is 11.1 Å². The summed E-state index contributed by atoms with van der Waals surface area (Å²) in [6.07, 6.45) is -1.63. The molecule has 178 valence electrons. The van der Waals surface area contributed by atoms with Gasteiger partial charge in [-0.25, -0.2) is 19.9 Å². The van der Waals surface area contributed by atoms with E-state index in [1.165, 1.54) is 19.3 Å². The highest BCUT2D eigenvalue weighted by molar-refractivity contribution is 7.13. The van der Waals surface area contributed by atoms with E-state index >= 15 is 0 Å². The number of amides is 3. The zero-order chi connectivity index (χ0) is 25.0. The summed E-state index contributed by atoms with van der Waals surface area (Å²) in [6, 6.07) is 1.19. The summed E-state index contributed by atoms with van der Waals surface area (Å²) >= 11 is 6.44. The van der Waals surface area contributed by atoms with Crippen LogP contribution in [-0.2, 0) is 6.18 Å². The number of hydrogen-bond donors (Lipinski definition) is 3. The van der Waals surface area contributed by atoms with Crippen molar-refractivity contribution in [2.75, 3.05) is 12.4 Å². The van der Waals surface area contributed by atoms with Crippen molar-refractivity contribution in [2.24, 2.45) is 0 Å². The van der Waals surface area contributed by atoms with Gasteiger partial charge in [0, 0.05) is 19.3 Å². The summed E-state index contributed by atoms with van der Waals surface area (Å²) in [5.74, 6) is -2.17. The molecule has 0 unspecified atom stereocenters. The van der Waals surface area contributed by atoms with Crippen LogP contribution in [0.5, 0.6) is 0 Å². The van der Waals surface area contributed by atoms with Crippen LogP contribution >= 0.6 is 22.9 Å². The van der Waals surface area contributed by atoms with Crippen molar-refractivity contribution in [2.45, 2.75) is 19.1 Å². The summed E-state index contributed by atoms with van der Waals surface area (Å²) in [5.41, 5.74) is -1.18. The average molecular weight is 514 g/mol.